The maximum atomic E-state index is 12.8. The Kier molecular flexibility index (Phi) is 7.31. The number of ether oxygens (including phenoxy) is 3. The predicted octanol–water partition coefficient (Wildman–Crippen LogP) is 3.33. The molecule has 1 aliphatic heterocycles. The second kappa shape index (κ2) is 9.71. The molecule has 1 aromatic carbocycles. The van der Waals surface area contributed by atoms with E-state index in [-0.39, 0.29) is 35.9 Å². The van der Waals surface area contributed by atoms with Gasteiger partial charge in [-0.3, -0.25) is 4.90 Å². The molecule has 1 amide bonds. The number of hydrogen-bond donors (Lipinski definition) is 1. The zero-order chi connectivity index (χ0) is 20.1. The smallest absolute Gasteiger partial charge is 0.410 e. The van der Waals surface area contributed by atoms with Crippen molar-refractivity contribution >= 4 is 36.5 Å². The second-order valence-corrected chi connectivity index (χ2v) is 8.38. The van der Waals surface area contributed by atoms with Gasteiger partial charge in [0.15, 0.2) is 0 Å². The van der Waals surface area contributed by atoms with E-state index >= 15 is 0 Å². The average Bonchev–Trinajstić information content (AvgIpc) is 3.27. The number of hydrogen-bond acceptors (Lipinski definition) is 7. The van der Waals surface area contributed by atoms with Crippen LogP contribution in [-0.2, 0) is 25.6 Å². The lowest BCUT2D eigenvalue weighted by Crippen LogP contribution is -2.44. The first-order chi connectivity index (χ1) is 13.5. The van der Waals surface area contributed by atoms with Crippen molar-refractivity contribution < 1.29 is 23.8 Å². The monoisotopic (exact) mass is 423 g/mol. The third kappa shape index (κ3) is 4.67. The molecular formula is C20H25NO5S2. The van der Waals surface area contributed by atoms with Gasteiger partial charge >= 0.3 is 12.1 Å². The molecule has 3 rings (SSSR count). The van der Waals surface area contributed by atoms with Gasteiger partial charge in [0.05, 0.1) is 12.7 Å². The predicted molar refractivity (Wildman–Crippen MR) is 111 cm³/mol. The molecule has 2 aliphatic rings. The Morgan fingerprint density at radius 2 is 2.00 bits per heavy atom. The highest BCUT2D eigenvalue weighted by Crippen LogP contribution is 2.41. The van der Waals surface area contributed by atoms with Gasteiger partial charge in [-0.25, -0.2) is 9.59 Å². The first-order valence-corrected chi connectivity index (χ1v) is 11.0. The minimum Gasteiger partial charge on any atom is -0.464 e. The summed E-state index contributed by atoms with van der Waals surface area (Å²) in [5.74, 6) is -0.597. The van der Waals surface area contributed by atoms with E-state index in [1.54, 1.807) is 6.92 Å². The molecule has 1 aromatic rings. The van der Waals surface area contributed by atoms with Crippen LogP contribution in [0.15, 0.2) is 42.5 Å². The highest BCUT2D eigenvalue weighted by Gasteiger charge is 2.53. The van der Waals surface area contributed by atoms with Gasteiger partial charge in [0.25, 0.3) is 0 Å². The average molecular weight is 424 g/mol. The second-order valence-electron chi connectivity index (χ2n) is 6.66. The molecule has 0 bridgehead atoms. The van der Waals surface area contributed by atoms with Crippen LogP contribution in [-0.4, -0.2) is 53.3 Å². The van der Waals surface area contributed by atoms with Crippen LogP contribution < -0.4 is 0 Å². The first kappa shape index (κ1) is 21.1. The summed E-state index contributed by atoms with van der Waals surface area (Å²) in [6, 6.07) is 8.74. The Morgan fingerprint density at radius 1 is 1.25 bits per heavy atom. The van der Waals surface area contributed by atoms with Gasteiger partial charge in [-0.15, -0.1) is 24.4 Å². The van der Waals surface area contributed by atoms with Crippen molar-refractivity contribution in [3.05, 3.63) is 48.0 Å². The summed E-state index contributed by atoms with van der Waals surface area (Å²) in [4.78, 5) is 26.8. The van der Waals surface area contributed by atoms with E-state index < -0.39 is 18.1 Å². The number of amides is 1. The molecule has 152 valence electrons. The fraction of sp³-hybridized carbons (Fsp3) is 0.500. The zero-order valence-electron chi connectivity index (χ0n) is 15.9. The number of carbonyl (C=O) groups is 2. The summed E-state index contributed by atoms with van der Waals surface area (Å²) < 4.78 is 16.4. The maximum absolute atomic E-state index is 12.8. The summed E-state index contributed by atoms with van der Waals surface area (Å²) in [6.45, 7) is 2.54. The molecule has 5 atom stereocenters. The lowest BCUT2D eigenvalue weighted by Gasteiger charge is -2.24. The number of fused-ring (bicyclic) bond motifs is 1. The number of esters is 1. The fourth-order valence-electron chi connectivity index (χ4n) is 3.69. The van der Waals surface area contributed by atoms with E-state index in [1.165, 1.54) is 16.7 Å². The molecule has 6 nitrogen and oxygen atoms in total. The minimum absolute atomic E-state index is 0.0273. The lowest BCUT2D eigenvalue weighted by atomic mass is 9.93. The summed E-state index contributed by atoms with van der Waals surface area (Å²) in [6.07, 6.45) is 5.09. The number of nitrogens with zero attached hydrogens (tertiary/aromatic N) is 1. The minimum atomic E-state index is -0.703. The molecule has 0 N–H and O–H groups in total. The number of rotatable bonds is 7. The number of thiol groups is 1. The fourth-order valence-corrected chi connectivity index (χ4v) is 4.07. The Hall–Kier alpha value is -1.64. The van der Waals surface area contributed by atoms with Crippen LogP contribution in [0.1, 0.15) is 12.5 Å². The molecular weight excluding hydrogens is 398 g/mol. The van der Waals surface area contributed by atoms with Gasteiger partial charge in [-0.1, -0.05) is 42.5 Å². The van der Waals surface area contributed by atoms with E-state index in [0.717, 1.165) is 5.56 Å². The van der Waals surface area contributed by atoms with E-state index in [2.05, 4.69) is 12.6 Å². The lowest BCUT2D eigenvalue weighted by molar-refractivity contribution is -0.148. The van der Waals surface area contributed by atoms with Crippen molar-refractivity contribution in [3.63, 3.8) is 0 Å². The normalized spacial score (nSPS) is 26.8. The van der Waals surface area contributed by atoms with Crippen molar-refractivity contribution in [2.24, 2.45) is 11.8 Å². The third-order valence-electron chi connectivity index (χ3n) is 4.99. The molecule has 0 saturated carbocycles. The van der Waals surface area contributed by atoms with Gasteiger partial charge in [0.2, 0.25) is 0 Å². The van der Waals surface area contributed by atoms with Crippen molar-refractivity contribution in [2.45, 2.75) is 30.4 Å². The zero-order valence-corrected chi connectivity index (χ0v) is 17.6. The summed E-state index contributed by atoms with van der Waals surface area (Å²) in [7, 11) is 0. The molecule has 0 aromatic heterocycles. The molecule has 0 spiro atoms. The molecule has 1 aliphatic carbocycles. The Bertz CT molecular complexity index is 714. The topological polar surface area (TPSA) is 65.1 Å². The number of benzene rings is 1. The van der Waals surface area contributed by atoms with Crippen LogP contribution in [0.4, 0.5) is 4.79 Å². The van der Waals surface area contributed by atoms with E-state index in [0.29, 0.717) is 6.54 Å². The largest absolute Gasteiger partial charge is 0.464 e. The van der Waals surface area contributed by atoms with Crippen molar-refractivity contribution in [2.75, 3.05) is 19.4 Å². The Labute approximate surface area is 175 Å². The quantitative estimate of drug-likeness (QED) is 0.314. The van der Waals surface area contributed by atoms with Crippen molar-refractivity contribution in [1.82, 2.24) is 4.90 Å². The highest BCUT2D eigenvalue weighted by molar-refractivity contribution is 8.09. The van der Waals surface area contributed by atoms with Gasteiger partial charge < -0.3 is 14.2 Å². The molecule has 28 heavy (non-hydrogen) atoms. The maximum Gasteiger partial charge on any atom is 0.410 e. The van der Waals surface area contributed by atoms with Crippen LogP contribution in [0.25, 0.3) is 0 Å². The van der Waals surface area contributed by atoms with Crippen LogP contribution in [0.5, 0.6) is 0 Å². The van der Waals surface area contributed by atoms with Crippen LogP contribution in [0.2, 0.25) is 0 Å². The Balaban J connectivity index is 1.72. The number of likely N-dealkylation sites (tertiary alicyclic amines) is 1. The SMILES string of the molecule is CCOC(=O)[C@@H]1[C@H]2C=C[C@@H](OC(S)SC)[C@H]2CN1C(=O)OCc1ccccc1. The Morgan fingerprint density at radius 3 is 2.68 bits per heavy atom. The van der Waals surface area contributed by atoms with Gasteiger partial charge in [0, 0.05) is 18.4 Å². The molecule has 8 heteroatoms. The third-order valence-corrected chi connectivity index (χ3v) is 6.26. The van der Waals surface area contributed by atoms with Gasteiger partial charge in [-0.05, 0) is 18.7 Å². The van der Waals surface area contributed by atoms with Crippen molar-refractivity contribution in [1.29, 1.82) is 0 Å². The molecule has 0 radical (unpaired) electrons. The molecule has 1 heterocycles. The molecule has 1 fully saturated rings. The molecule has 1 saturated heterocycles. The first-order valence-electron chi connectivity index (χ1n) is 9.23. The van der Waals surface area contributed by atoms with Gasteiger partial charge in [-0.2, -0.15) is 0 Å². The van der Waals surface area contributed by atoms with Crippen LogP contribution in [0.3, 0.4) is 0 Å². The summed E-state index contributed by atoms with van der Waals surface area (Å²) in [5.41, 5.74) is 0.891. The van der Waals surface area contributed by atoms with E-state index in [1.807, 2.05) is 48.7 Å². The number of thioether (sulfide) groups is 1. The standard InChI is InChI=1S/C20H25NO5S2/c1-3-24-18(22)17-14-9-10-16(26-20(27)28-2)15(14)11-21(17)19(23)25-12-13-7-5-4-6-8-13/h4-10,14-17,20,27H,3,11-12H2,1-2H3/t14-,15-,16+,17-,20?/m0/s1. The van der Waals surface area contributed by atoms with E-state index in [4.69, 9.17) is 14.2 Å². The number of carbonyl (C=O) groups excluding carboxylic acids is 2. The summed E-state index contributed by atoms with van der Waals surface area (Å²) in [5, 5.41) is 0. The van der Waals surface area contributed by atoms with Crippen molar-refractivity contribution in [3.8, 4) is 0 Å². The molecule has 1 unspecified atom stereocenters. The highest BCUT2D eigenvalue weighted by atomic mass is 32.2. The van der Waals surface area contributed by atoms with Crippen LogP contribution >= 0.6 is 24.4 Å². The van der Waals surface area contributed by atoms with Gasteiger partial charge in [0.1, 0.15) is 17.4 Å². The van der Waals surface area contributed by atoms with Crippen LogP contribution in [0, 0.1) is 11.8 Å². The van der Waals surface area contributed by atoms with E-state index in [9.17, 15) is 9.59 Å². The summed E-state index contributed by atoms with van der Waals surface area (Å²) >= 11 is 5.86.